The van der Waals surface area contributed by atoms with E-state index in [1.54, 1.807) is 11.3 Å². The van der Waals surface area contributed by atoms with E-state index in [4.69, 9.17) is 5.73 Å². The summed E-state index contributed by atoms with van der Waals surface area (Å²) in [6, 6.07) is 4.54. The van der Waals surface area contributed by atoms with Gasteiger partial charge < -0.3 is 10.8 Å². The highest BCUT2D eigenvalue weighted by molar-refractivity contribution is 7.12. The number of rotatable bonds is 6. The van der Waals surface area contributed by atoms with Gasteiger partial charge >= 0.3 is 0 Å². The molecule has 0 bridgehead atoms. The maximum absolute atomic E-state index is 9.54. The van der Waals surface area contributed by atoms with Crippen LogP contribution in [-0.2, 0) is 0 Å². The SMILES string of the molecule is CCC(N)C(c1ccc(C)s1)N(C)C(C)(C)CO. The molecular weight excluding hydrogens is 244 g/mol. The second-order valence-electron chi connectivity index (χ2n) is 5.55. The molecule has 4 heteroatoms. The Morgan fingerprint density at radius 1 is 1.44 bits per heavy atom. The smallest absolute Gasteiger partial charge is 0.0610 e. The third kappa shape index (κ3) is 3.32. The van der Waals surface area contributed by atoms with Crippen LogP contribution >= 0.6 is 11.3 Å². The Hall–Kier alpha value is -0.420. The first-order valence-corrected chi connectivity index (χ1v) is 7.30. The molecule has 2 unspecified atom stereocenters. The Labute approximate surface area is 115 Å². The lowest BCUT2D eigenvalue weighted by molar-refractivity contribution is 0.0358. The van der Waals surface area contributed by atoms with Crippen LogP contribution in [0.15, 0.2) is 12.1 Å². The number of nitrogens with zero attached hydrogens (tertiary/aromatic N) is 1. The van der Waals surface area contributed by atoms with E-state index < -0.39 is 0 Å². The molecule has 104 valence electrons. The summed E-state index contributed by atoms with van der Waals surface area (Å²) in [5, 5.41) is 9.54. The molecule has 1 heterocycles. The first-order valence-electron chi connectivity index (χ1n) is 6.49. The highest BCUT2D eigenvalue weighted by Crippen LogP contribution is 2.33. The molecule has 3 nitrogen and oxygen atoms in total. The van der Waals surface area contributed by atoms with Crippen LogP contribution in [0.5, 0.6) is 0 Å². The zero-order valence-corrected chi connectivity index (χ0v) is 12.9. The third-order valence-corrected chi connectivity index (χ3v) is 4.76. The number of aliphatic hydroxyl groups excluding tert-OH is 1. The van der Waals surface area contributed by atoms with Crippen molar-refractivity contribution >= 4 is 11.3 Å². The highest BCUT2D eigenvalue weighted by atomic mass is 32.1. The van der Waals surface area contributed by atoms with Crippen LogP contribution in [0, 0.1) is 6.92 Å². The molecule has 1 aromatic rings. The van der Waals surface area contributed by atoms with Crippen molar-refractivity contribution < 1.29 is 5.11 Å². The minimum atomic E-state index is -0.269. The van der Waals surface area contributed by atoms with Gasteiger partial charge in [-0.3, -0.25) is 4.90 Å². The van der Waals surface area contributed by atoms with Gasteiger partial charge in [-0.1, -0.05) is 6.92 Å². The second kappa shape index (κ2) is 6.15. The maximum Gasteiger partial charge on any atom is 0.0610 e. The summed E-state index contributed by atoms with van der Waals surface area (Å²) in [5.41, 5.74) is 6.03. The molecule has 0 aromatic carbocycles. The van der Waals surface area contributed by atoms with E-state index in [-0.39, 0.29) is 24.2 Å². The molecule has 0 saturated heterocycles. The van der Waals surface area contributed by atoms with Crippen LogP contribution in [0.1, 0.15) is 43.0 Å². The summed E-state index contributed by atoms with van der Waals surface area (Å²) in [7, 11) is 2.05. The van der Waals surface area contributed by atoms with Gasteiger partial charge in [0, 0.05) is 21.3 Å². The van der Waals surface area contributed by atoms with Crippen molar-refractivity contribution in [1.29, 1.82) is 0 Å². The standard InChI is InChI=1S/C14H26N2OS/c1-6-11(15)13(12-8-7-10(2)18-12)16(5)14(3,4)9-17/h7-8,11,13,17H,6,9,15H2,1-5H3. The fourth-order valence-corrected chi connectivity index (χ4v) is 3.11. The molecular formula is C14H26N2OS. The molecule has 0 aliphatic rings. The predicted molar refractivity (Wildman–Crippen MR) is 79.0 cm³/mol. The van der Waals surface area contributed by atoms with E-state index in [9.17, 15) is 5.11 Å². The van der Waals surface area contributed by atoms with E-state index in [0.29, 0.717) is 0 Å². The lowest BCUT2D eigenvalue weighted by atomic mass is 9.96. The molecule has 1 aromatic heterocycles. The van der Waals surface area contributed by atoms with Crippen LogP contribution in [0.4, 0.5) is 0 Å². The van der Waals surface area contributed by atoms with Gasteiger partial charge in [0.25, 0.3) is 0 Å². The normalized spacial score (nSPS) is 16.0. The lowest BCUT2D eigenvalue weighted by Gasteiger charge is -2.42. The molecule has 3 N–H and O–H groups in total. The highest BCUT2D eigenvalue weighted by Gasteiger charge is 2.33. The third-order valence-electron chi connectivity index (χ3n) is 3.69. The van der Waals surface area contributed by atoms with Crippen LogP contribution in [0.3, 0.4) is 0 Å². The Bertz CT molecular complexity index is 376. The molecule has 0 saturated carbocycles. The number of hydrogen-bond donors (Lipinski definition) is 2. The number of aryl methyl sites for hydroxylation is 1. The molecule has 2 atom stereocenters. The maximum atomic E-state index is 9.54. The van der Waals surface area contributed by atoms with Crippen molar-refractivity contribution in [3.05, 3.63) is 21.9 Å². The molecule has 0 aliphatic heterocycles. The van der Waals surface area contributed by atoms with Crippen molar-refractivity contribution in [3.63, 3.8) is 0 Å². The van der Waals surface area contributed by atoms with Gasteiger partial charge in [-0.05, 0) is 46.4 Å². The van der Waals surface area contributed by atoms with Crippen molar-refractivity contribution in [2.24, 2.45) is 5.73 Å². The Morgan fingerprint density at radius 3 is 2.44 bits per heavy atom. The first-order chi connectivity index (χ1) is 8.33. The first kappa shape index (κ1) is 15.6. The fourth-order valence-electron chi connectivity index (χ4n) is 2.01. The number of hydrogen-bond acceptors (Lipinski definition) is 4. The van der Waals surface area contributed by atoms with E-state index in [0.717, 1.165) is 6.42 Å². The molecule has 1 rings (SSSR count). The minimum absolute atomic E-state index is 0.0823. The number of likely N-dealkylation sites (N-methyl/N-ethyl adjacent to an activating group) is 1. The number of thiophene rings is 1. The summed E-state index contributed by atoms with van der Waals surface area (Å²) in [5.74, 6) is 0. The van der Waals surface area contributed by atoms with E-state index in [2.05, 4.69) is 30.9 Å². The largest absolute Gasteiger partial charge is 0.394 e. The molecule has 0 aliphatic carbocycles. The average Bonchev–Trinajstić information content (AvgIpc) is 2.75. The van der Waals surface area contributed by atoms with Gasteiger partial charge in [0.2, 0.25) is 0 Å². The van der Waals surface area contributed by atoms with Crippen LogP contribution in [0.2, 0.25) is 0 Å². The summed E-state index contributed by atoms with van der Waals surface area (Å²) in [6.07, 6.45) is 0.924. The van der Waals surface area contributed by atoms with E-state index >= 15 is 0 Å². The predicted octanol–water partition coefficient (Wildman–Crippen LogP) is 2.54. The Kier molecular flexibility index (Phi) is 5.34. The summed E-state index contributed by atoms with van der Waals surface area (Å²) < 4.78 is 0. The summed E-state index contributed by atoms with van der Waals surface area (Å²) in [6.45, 7) is 8.43. The Balaban J connectivity index is 3.06. The number of aliphatic hydroxyl groups is 1. The Morgan fingerprint density at radius 2 is 2.06 bits per heavy atom. The van der Waals surface area contributed by atoms with Gasteiger partial charge in [-0.2, -0.15) is 0 Å². The van der Waals surface area contributed by atoms with Crippen molar-refractivity contribution in [2.45, 2.75) is 51.7 Å². The second-order valence-corrected chi connectivity index (χ2v) is 6.87. The van der Waals surface area contributed by atoms with Crippen LogP contribution in [0.25, 0.3) is 0 Å². The van der Waals surface area contributed by atoms with Gasteiger partial charge in [0.1, 0.15) is 0 Å². The lowest BCUT2D eigenvalue weighted by Crippen LogP contribution is -2.50. The fraction of sp³-hybridized carbons (Fsp3) is 0.714. The molecule has 0 radical (unpaired) electrons. The monoisotopic (exact) mass is 270 g/mol. The molecule has 0 spiro atoms. The quantitative estimate of drug-likeness (QED) is 0.835. The minimum Gasteiger partial charge on any atom is -0.394 e. The van der Waals surface area contributed by atoms with Gasteiger partial charge in [0.05, 0.1) is 12.6 Å². The topological polar surface area (TPSA) is 49.5 Å². The molecule has 0 amide bonds. The van der Waals surface area contributed by atoms with Crippen molar-refractivity contribution in [2.75, 3.05) is 13.7 Å². The van der Waals surface area contributed by atoms with Crippen LogP contribution < -0.4 is 5.73 Å². The van der Waals surface area contributed by atoms with Crippen LogP contribution in [-0.4, -0.2) is 35.2 Å². The van der Waals surface area contributed by atoms with Gasteiger partial charge in [-0.25, -0.2) is 0 Å². The summed E-state index contributed by atoms with van der Waals surface area (Å²) >= 11 is 1.79. The summed E-state index contributed by atoms with van der Waals surface area (Å²) in [4.78, 5) is 4.78. The van der Waals surface area contributed by atoms with Crippen molar-refractivity contribution in [1.82, 2.24) is 4.90 Å². The molecule has 0 fully saturated rings. The van der Waals surface area contributed by atoms with Gasteiger partial charge in [-0.15, -0.1) is 11.3 Å². The van der Waals surface area contributed by atoms with Crippen molar-refractivity contribution in [3.8, 4) is 0 Å². The zero-order valence-electron chi connectivity index (χ0n) is 12.1. The molecule has 18 heavy (non-hydrogen) atoms. The number of nitrogens with two attached hydrogens (primary N) is 1. The van der Waals surface area contributed by atoms with Gasteiger partial charge in [0.15, 0.2) is 0 Å². The zero-order chi connectivity index (χ0) is 13.9. The van der Waals surface area contributed by atoms with E-state index in [1.165, 1.54) is 9.75 Å². The van der Waals surface area contributed by atoms with E-state index in [1.807, 2.05) is 20.9 Å². The average molecular weight is 270 g/mol.